The van der Waals surface area contributed by atoms with Crippen molar-refractivity contribution in [1.82, 2.24) is 4.98 Å². The van der Waals surface area contributed by atoms with Gasteiger partial charge >= 0.3 is 0 Å². The molecule has 0 amide bonds. The van der Waals surface area contributed by atoms with Crippen molar-refractivity contribution in [2.75, 3.05) is 4.90 Å². The number of benzene rings is 21. The second-order valence-electron chi connectivity index (χ2n) is 37.7. The third-order valence-electron chi connectivity index (χ3n) is 29.9. The number of hydrogen-bond acceptors (Lipinski definition) is 6. The molecule has 21 aromatic carbocycles. The molecule has 0 spiro atoms. The van der Waals surface area contributed by atoms with E-state index in [9.17, 15) is 0 Å². The van der Waals surface area contributed by atoms with Gasteiger partial charge in [-0.3, -0.25) is 0 Å². The van der Waals surface area contributed by atoms with Gasteiger partial charge in [0, 0.05) is 117 Å². The fourth-order valence-corrected chi connectivity index (χ4v) is 26.2. The van der Waals surface area contributed by atoms with Gasteiger partial charge in [-0.25, -0.2) is 4.98 Å². The van der Waals surface area contributed by atoms with Crippen LogP contribution in [0.25, 0.3) is 261 Å². The molecule has 0 aliphatic heterocycles. The van der Waals surface area contributed by atoms with E-state index in [0.717, 1.165) is 61.9 Å². The van der Waals surface area contributed by atoms with Crippen LogP contribution in [-0.2, 0) is 10.8 Å². The van der Waals surface area contributed by atoms with E-state index in [-0.39, 0.29) is 10.8 Å². The number of anilines is 3. The first-order valence-corrected chi connectivity index (χ1v) is 47.7. The number of rotatable bonds is 9. The third kappa shape index (κ3) is 10.8. The zero-order valence-corrected chi connectivity index (χ0v) is 74.8. The fraction of sp³-hybridized carbons (Fsp3) is 0.0472. The Bertz CT molecular complexity index is 9630. The monoisotopic (exact) mass is 1730 g/mol. The second kappa shape index (κ2) is 27.7. The van der Waals surface area contributed by atoms with Gasteiger partial charge in [0.05, 0.1) is 11.4 Å². The van der Waals surface area contributed by atoms with Gasteiger partial charge in [0.25, 0.3) is 0 Å². The largest absolute Gasteiger partial charge is 0.456 e. The minimum Gasteiger partial charge on any atom is -0.456 e. The minimum atomic E-state index is -0.163. The molecular formula is C127H78N2O2S2. The Morgan fingerprint density at radius 1 is 0.211 bits per heavy atom. The van der Waals surface area contributed by atoms with E-state index in [0.29, 0.717) is 0 Å². The predicted molar refractivity (Wildman–Crippen MR) is 564 cm³/mol. The molecule has 0 unspecified atom stereocenters. The van der Waals surface area contributed by atoms with Gasteiger partial charge in [-0.2, -0.15) is 0 Å². The third-order valence-corrected chi connectivity index (χ3v) is 32.1. The predicted octanol–water partition coefficient (Wildman–Crippen LogP) is 36.8. The Labute approximate surface area is 774 Å². The van der Waals surface area contributed by atoms with E-state index >= 15 is 0 Å². The van der Waals surface area contributed by atoms with Crippen molar-refractivity contribution in [3.8, 4) is 123 Å². The highest BCUT2D eigenvalue weighted by Gasteiger charge is 2.44. The number of thiophene rings is 2. The molecule has 5 aromatic heterocycles. The number of para-hydroxylation sites is 1. The molecule has 620 valence electrons. The van der Waals surface area contributed by atoms with Crippen LogP contribution < -0.4 is 4.90 Å². The van der Waals surface area contributed by atoms with Crippen LogP contribution in [0.1, 0.15) is 49.9 Å². The second-order valence-corrected chi connectivity index (χ2v) is 39.9. The van der Waals surface area contributed by atoms with Crippen molar-refractivity contribution >= 4 is 178 Å². The van der Waals surface area contributed by atoms with Gasteiger partial charge in [-0.15, -0.1) is 22.7 Å². The number of pyridine rings is 1. The number of hydrogen-bond donors (Lipinski definition) is 0. The van der Waals surface area contributed by atoms with E-state index in [4.69, 9.17) is 13.8 Å². The summed E-state index contributed by atoms with van der Waals surface area (Å²) < 4.78 is 18.5. The molecule has 0 radical (unpaired) electrons. The molecule has 5 aliphatic carbocycles. The molecule has 31 rings (SSSR count). The maximum Gasteiger partial charge on any atom is 0.136 e. The molecule has 0 atom stereocenters. The smallest absolute Gasteiger partial charge is 0.136 e. The Morgan fingerprint density at radius 3 is 1.29 bits per heavy atom. The van der Waals surface area contributed by atoms with Crippen molar-refractivity contribution in [3.05, 3.63) is 423 Å². The maximum absolute atomic E-state index is 6.54. The van der Waals surface area contributed by atoms with Crippen LogP contribution in [0.5, 0.6) is 0 Å². The van der Waals surface area contributed by atoms with Crippen molar-refractivity contribution in [3.63, 3.8) is 0 Å². The molecule has 0 saturated carbocycles. The van der Waals surface area contributed by atoms with Crippen LogP contribution in [0.15, 0.2) is 409 Å². The lowest BCUT2D eigenvalue weighted by Gasteiger charge is -2.27. The summed E-state index contributed by atoms with van der Waals surface area (Å²) in [6, 6.07) is 147. The van der Waals surface area contributed by atoms with E-state index < -0.39 is 0 Å². The summed E-state index contributed by atoms with van der Waals surface area (Å²) >= 11 is 3.86. The van der Waals surface area contributed by atoms with Crippen LogP contribution >= 0.6 is 22.7 Å². The SMILES string of the molecule is CC1(C)c2cc(-c3cccc(-c4ccccc4)n3)cc3c2-c2c1ccc1ccc4oc5cccc-3c5c4c21.CC1(C)c2cc(-c3cccc(N(c4ccccc4)c4ccc5c(ccc6ccccc65)c4)c3)cc3c2-c2c1ccc1ccc4oc5cccc-3c5c4c21.c1ccc(-c2cccc(-c3cccc(-c4cc5sc6cccc7c6c5c5c4ccc4sc6cccc-7c6c45)c3)c2)cc1. The van der Waals surface area contributed by atoms with Gasteiger partial charge in [0.1, 0.15) is 22.3 Å². The van der Waals surface area contributed by atoms with Crippen LogP contribution in [0.2, 0.25) is 0 Å². The first-order chi connectivity index (χ1) is 65.4. The normalized spacial score (nSPS) is 13.4. The summed E-state index contributed by atoms with van der Waals surface area (Å²) in [4.78, 5) is 7.53. The lowest BCUT2D eigenvalue weighted by Crippen LogP contribution is -2.15. The minimum absolute atomic E-state index is 0.127. The van der Waals surface area contributed by atoms with Crippen molar-refractivity contribution in [1.29, 1.82) is 0 Å². The summed E-state index contributed by atoms with van der Waals surface area (Å²) in [7, 11) is 0. The van der Waals surface area contributed by atoms with Crippen molar-refractivity contribution in [2.45, 2.75) is 38.5 Å². The van der Waals surface area contributed by atoms with Crippen LogP contribution in [0.4, 0.5) is 17.1 Å². The number of fused-ring (bicyclic) bond motifs is 6. The van der Waals surface area contributed by atoms with E-state index in [2.05, 4.69) is 427 Å². The number of nitrogens with zero attached hydrogens (tertiary/aromatic N) is 2. The van der Waals surface area contributed by atoms with Gasteiger partial charge in [-0.05, 0) is 294 Å². The van der Waals surface area contributed by atoms with Crippen LogP contribution in [-0.4, -0.2) is 4.98 Å². The Morgan fingerprint density at radius 2 is 0.647 bits per heavy atom. The molecule has 26 aromatic rings. The Kier molecular flexibility index (Phi) is 15.6. The molecule has 5 heterocycles. The van der Waals surface area contributed by atoms with Crippen molar-refractivity contribution < 1.29 is 8.83 Å². The molecular weight excluding hydrogens is 1650 g/mol. The number of aromatic nitrogens is 1. The van der Waals surface area contributed by atoms with E-state index in [1.54, 1.807) is 0 Å². The van der Waals surface area contributed by atoms with Gasteiger partial charge in [0.15, 0.2) is 0 Å². The molecule has 6 heteroatoms. The molecule has 4 nitrogen and oxygen atoms in total. The first-order valence-electron chi connectivity index (χ1n) is 46.1. The molecule has 0 fully saturated rings. The summed E-state index contributed by atoms with van der Waals surface area (Å²) in [5, 5.41) is 23.6. The molecule has 133 heavy (non-hydrogen) atoms. The average Bonchev–Trinajstić information content (AvgIpc) is 1.53. The lowest BCUT2D eigenvalue weighted by atomic mass is 9.80. The lowest BCUT2D eigenvalue weighted by molar-refractivity contribution is 0.661. The highest BCUT2D eigenvalue weighted by atomic mass is 32.1. The Hall–Kier alpha value is -16.1. The summed E-state index contributed by atoms with van der Waals surface area (Å²) in [5.74, 6) is 0. The first kappa shape index (κ1) is 74.8. The standard InChI is InChI=1S/C51H33NO.C40H22S2.C36H23NO/c1-51(2)42-24-20-31-21-25-45-50-46(31)49(42)47-41(40-16-9-17-44(53-45)48(40)50)28-34(29-43(47)51)32-11-8-14-36(26-32)52(35-12-4-3-5-13-35)37-22-23-39-33(27-37)19-18-30-10-6-7-15-38(30)39;1-2-8-23(9-3-1)24-10-4-11-25(20-24)26-12-5-13-27(21-26)31-22-35-40-37-29(15-7-17-33(37)42-35)28-14-6-16-32-36(28)39-34(41-32)19-18-30(31)38(39)40;1-36(2)25-16-14-21-15-17-30-35-31(21)34(25)32-24(23-10-6-13-29(38-30)33(23)35)18-22(19-26(32)36)28-12-7-11-27(37-28)20-8-4-3-5-9-20/h3-29H,1-2H3;1-22H;3-19H,1-2H3. The van der Waals surface area contributed by atoms with Gasteiger partial charge in [0.2, 0.25) is 0 Å². The average molecular weight is 1730 g/mol. The quantitative estimate of drug-likeness (QED) is 0.135. The van der Waals surface area contributed by atoms with E-state index in [1.807, 2.05) is 28.7 Å². The number of furan rings is 2. The van der Waals surface area contributed by atoms with Gasteiger partial charge in [-0.1, -0.05) is 295 Å². The molecule has 0 N–H and O–H groups in total. The van der Waals surface area contributed by atoms with Crippen molar-refractivity contribution in [2.24, 2.45) is 0 Å². The summed E-state index contributed by atoms with van der Waals surface area (Å²) in [6.07, 6.45) is 0. The molecule has 0 saturated heterocycles. The van der Waals surface area contributed by atoms with Crippen LogP contribution in [0.3, 0.4) is 0 Å². The van der Waals surface area contributed by atoms with Gasteiger partial charge < -0.3 is 13.7 Å². The fourth-order valence-electron chi connectivity index (χ4n) is 23.8. The molecule has 5 aliphatic rings. The topological polar surface area (TPSA) is 42.4 Å². The zero-order chi connectivity index (χ0) is 87.5. The van der Waals surface area contributed by atoms with E-state index in [1.165, 1.54) is 238 Å². The molecule has 0 bridgehead atoms. The summed E-state index contributed by atoms with van der Waals surface area (Å²) in [6.45, 7) is 9.52. The summed E-state index contributed by atoms with van der Waals surface area (Å²) in [5.41, 5.74) is 39.9. The Balaban J connectivity index is 0.0000000990. The maximum atomic E-state index is 6.54. The highest BCUT2D eigenvalue weighted by molar-refractivity contribution is 7.27. The zero-order valence-electron chi connectivity index (χ0n) is 73.1. The highest BCUT2D eigenvalue weighted by Crippen LogP contribution is 2.64. The van der Waals surface area contributed by atoms with Crippen LogP contribution in [0, 0.1) is 0 Å².